The van der Waals surface area contributed by atoms with Gasteiger partial charge in [0.1, 0.15) is 12.2 Å². The molecule has 0 radical (unpaired) electrons. The minimum absolute atomic E-state index is 0.544. The Hall–Kier alpha value is -0.540. The van der Waals surface area contributed by atoms with Crippen molar-refractivity contribution in [2.24, 2.45) is 11.5 Å². The quantitative estimate of drug-likeness (QED) is 0.596. The van der Waals surface area contributed by atoms with E-state index in [1.807, 2.05) is 0 Å². The van der Waals surface area contributed by atoms with Crippen molar-refractivity contribution in [2.45, 2.75) is 49.5 Å². The van der Waals surface area contributed by atoms with Gasteiger partial charge < -0.3 is 4.74 Å². The molecule has 0 aromatic rings. The second kappa shape index (κ2) is 4.62. The highest BCUT2D eigenvalue weighted by Gasteiger charge is 2.57. The molecule has 0 aromatic carbocycles. The predicted molar refractivity (Wildman–Crippen MR) is 46.0 cm³/mol. The number of halogens is 6. The highest BCUT2D eigenvalue weighted by molar-refractivity contribution is 4.94. The topological polar surface area (TPSA) is 61.3 Å². The number of hydrogen-bond acceptors (Lipinski definition) is 3. The van der Waals surface area contributed by atoms with E-state index in [4.69, 9.17) is 0 Å². The fourth-order valence-corrected chi connectivity index (χ4v) is 1.56. The Kier molecular flexibility index (Phi) is 3.94. The molecule has 0 amide bonds. The smallest absolute Gasteiger partial charge is 0.317 e. The lowest BCUT2D eigenvalue weighted by atomic mass is 10.1. The van der Waals surface area contributed by atoms with Gasteiger partial charge in [0.15, 0.2) is 0 Å². The number of hydrogen-bond donors (Lipinski definition) is 2. The molecule has 1 saturated heterocycles. The van der Waals surface area contributed by atoms with Crippen molar-refractivity contribution in [1.29, 1.82) is 0 Å². The lowest BCUT2D eigenvalue weighted by Gasteiger charge is -2.27. The van der Waals surface area contributed by atoms with E-state index in [1.165, 1.54) is 0 Å². The summed E-state index contributed by atoms with van der Waals surface area (Å²) in [6.45, 7) is 0. The van der Waals surface area contributed by atoms with Crippen molar-refractivity contribution in [3.8, 4) is 0 Å². The summed E-state index contributed by atoms with van der Waals surface area (Å²) in [5, 5.41) is 0. The molecular weight excluding hydrogens is 254 g/mol. The highest BCUT2D eigenvalue weighted by atomic mass is 19.3. The van der Waals surface area contributed by atoms with E-state index in [9.17, 15) is 26.3 Å². The van der Waals surface area contributed by atoms with Gasteiger partial charge in [-0.25, -0.2) is 8.78 Å². The molecule has 4 atom stereocenters. The van der Waals surface area contributed by atoms with Crippen LogP contribution in [0.15, 0.2) is 0 Å². The molecule has 9 heteroatoms. The van der Waals surface area contributed by atoms with E-state index >= 15 is 0 Å². The maximum atomic E-state index is 13.0. The second-order valence-electron chi connectivity index (χ2n) is 3.84. The Bertz CT molecular complexity index is 247. The monoisotopic (exact) mass is 266 g/mol. The summed E-state index contributed by atoms with van der Waals surface area (Å²) < 4.78 is 81.1. The van der Waals surface area contributed by atoms with Crippen LogP contribution in [-0.4, -0.2) is 36.6 Å². The molecule has 0 bridgehead atoms. The van der Waals surface area contributed by atoms with Crippen LogP contribution in [0.5, 0.6) is 0 Å². The van der Waals surface area contributed by atoms with E-state index in [-0.39, 0.29) is 0 Å². The molecule has 0 aliphatic carbocycles. The molecule has 1 aliphatic heterocycles. The Morgan fingerprint density at radius 1 is 0.882 bits per heavy atom. The maximum absolute atomic E-state index is 13.0. The van der Waals surface area contributed by atoms with Crippen molar-refractivity contribution in [2.75, 3.05) is 0 Å². The summed E-state index contributed by atoms with van der Waals surface area (Å²) in [6.07, 6.45) is -11.3. The molecular formula is C8H12F6N2O. The van der Waals surface area contributed by atoms with Crippen LogP contribution >= 0.6 is 0 Å². The van der Waals surface area contributed by atoms with Crippen LogP contribution in [0.3, 0.4) is 0 Å². The molecule has 102 valence electrons. The van der Waals surface area contributed by atoms with Crippen LogP contribution in [0.2, 0.25) is 0 Å². The standard InChI is InChI=1S/C8H12F6N2O/c9-5(15)7(11,12)3-1-2-4(17-3)8(13,14)6(10)16/h3-6H,1-2,15-16H2. The van der Waals surface area contributed by atoms with E-state index in [0.29, 0.717) is 0 Å². The molecule has 3 nitrogen and oxygen atoms in total. The first kappa shape index (κ1) is 14.5. The molecule has 1 rings (SSSR count). The van der Waals surface area contributed by atoms with Gasteiger partial charge in [0.25, 0.3) is 0 Å². The van der Waals surface area contributed by atoms with E-state index in [1.54, 1.807) is 0 Å². The number of nitrogens with two attached hydrogens (primary N) is 2. The summed E-state index contributed by atoms with van der Waals surface area (Å²) in [7, 11) is 0. The van der Waals surface area contributed by atoms with Crippen molar-refractivity contribution < 1.29 is 31.1 Å². The summed E-state index contributed by atoms with van der Waals surface area (Å²) >= 11 is 0. The molecule has 4 N–H and O–H groups in total. The third-order valence-corrected chi connectivity index (χ3v) is 2.61. The fraction of sp³-hybridized carbons (Fsp3) is 1.00. The first-order valence-corrected chi connectivity index (χ1v) is 4.80. The normalized spacial score (nSPS) is 30.4. The zero-order chi connectivity index (χ0) is 13.4. The Morgan fingerprint density at radius 3 is 1.41 bits per heavy atom. The molecule has 1 fully saturated rings. The lowest BCUT2D eigenvalue weighted by molar-refractivity contribution is -0.215. The van der Waals surface area contributed by atoms with Crippen LogP contribution < -0.4 is 11.5 Å². The summed E-state index contributed by atoms with van der Waals surface area (Å²) in [4.78, 5) is 0. The molecule has 0 saturated carbocycles. The summed E-state index contributed by atoms with van der Waals surface area (Å²) in [6, 6.07) is 0. The summed E-state index contributed by atoms with van der Waals surface area (Å²) in [5.74, 6) is -8.18. The first-order valence-electron chi connectivity index (χ1n) is 4.80. The van der Waals surface area contributed by atoms with Crippen LogP contribution in [-0.2, 0) is 4.74 Å². The highest BCUT2D eigenvalue weighted by Crippen LogP contribution is 2.40. The van der Waals surface area contributed by atoms with Crippen molar-refractivity contribution in [3.05, 3.63) is 0 Å². The van der Waals surface area contributed by atoms with Gasteiger partial charge in [-0.2, -0.15) is 17.6 Å². The molecule has 1 aliphatic rings. The van der Waals surface area contributed by atoms with Crippen LogP contribution in [0.25, 0.3) is 0 Å². The van der Waals surface area contributed by atoms with Gasteiger partial charge >= 0.3 is 11.8 Å². The van der Waals surface area contributed by atoms with Gasteiger partial charge in [-0.3, -0.25) is 11.5 Å². The zero-order valence-electron chi connectivity index (χ0n) is 8.55. The minimum atomic E-state index is -4.09. The second-order valence-corrected chi connectivity index (χ2v) is 3.84. The number of alkyl halides is 6. The molecule has 0 spiro atoms. The van der Waals surface area contributed by atoms with Gasteiger partial charge in [0.05, 0.1) is 0 Å². The van der Waals surface area contributed by atoms with E-state index in [2.05, 4.69) is 16.2 Å². The van der Waals surface area contributed by atoms with Gasteiger partial charge in [-0.1, -0.05) is 0 Å². The Morgan fingerprint density at radius 2 is 1.18 bits per heavy atom. The summed E-state index contributed by atoms with van der Waals surface area (Å²) in [5.41, 5.74) is 8.76. The molecule has 1 heterocycles. The van der Waals surface area contributed by atoms with Crippen molar-refractivity contribution >= 4 is 0 Å². The third kappa shape index (κ3) is 2.66. The third-order valence-electron chi connectivity index (χ3n) is 2.61. The maximum Gasteiger partial charge on any atom is 0.317 e. The Balaban J connectivity index is 2.71. The number of ether oxygens (including phenoxy) is 1. The Labute approximate surface area is 93.1 Å². The van der Waals surface area contributed by atoms with Crippen LogP contribution in [0.1, 0.15) is 12.8 Å². The molecule has 17 heavy (non-hydrogen) atoms. The van der Waals surface area contributed by atoms with Gasteiger partial charge in [-0.05, 0) is 12.8 Å². The SMILES string of the molecule is NC(F)C(F)(F)C1CCC(C(F)(F)C(N)F)O1. The fourth-order valence-electron chi connectivity index (χ4n) is 1.56. The molecule has 0 aromatic heterocycles. The van der Waals surface area contributed by atoms with Crippen LogP contribution in [0, 0.1) is 0 Å². The predicted octanol–water partition coefficient (Wildman–Crippen LogP) is 1.31. The lowest BCUT2D eigenvalue weighted by Crippen LogP contribution is -2.50. The van der Waals surface area contributed by atoms with Gasteiger partial charge in [0.2, 0.25) is 12.6 Å². The average Bonchev–Trinajstić information content (AvgIpc) is 2.66. The van der Waals surface area contributed by atoms with Crippen molar-refractivity contribution in [3.63, 3.8) is 0 Å². The van der Waals surface area contributed by atoms with Gasteiger partial charge in [-0.15, -0.1) is 0 Å². The largest absolute Gasteiger partial charge is 0.362 e. The van der Waals surface area contributed by atoms with Crippen molar-refractivity contribution in [1.82, 2.24) is 0 Å². The first-order chi connectivity index (χ1) is 7.60. The van der Waals surface area contributed by atoms with E-state index in [0.717, 1.165) is 0 Å². The zero-order valence-corrected chi connectivity index (χ0v) is 8.55. The van der Waals surface area contributed by atoms with Crippen LogP contribution in [0.4, 0.5) is 26.3 Å². The van der Waals surface area contributed by atoms with Gasteiger partial charge in [0, 0.05) is 0 Å². The minimum Gasteiger partial charge on any atom is -0.362 e. The molecule has 4 unspecified atom stereocenters. The van der Waals surface area contributed by atoms with E-state index < -0.39 is 49.5 Å². The number of rotatable bonds is 4. The average molecular weight is 266 g/mol.